The second-order valence-electron chi connectivity index (χ2n) is 6.24. The molecule has 2 aromatic carbocycles. The van der Waals surface area contributed by atoms with Crippen LogP contribution in [-0.4, -0.2) is 31.2 Å². The molecular formula is C19H20N2O4S2. The Hall–Kier alpha value is -2.32. The van der Waals surface area contributed by atoms with Crippen molar-refractivity contribution in [2.45, 2.75) is 34.9 Å². The SMILES string of the molecule is C[C@H]1Sc2ccc(S(=O)(=O)CCC(=O)NCc3ccccc3)cc2NC1=O. The predicted octanol–water partition coefficient (Wildman–Crippen LogP) is 2.60. The van der Waals surface area contributed by atoms with Gasteiger partial charge in [-0.3, -0.25) is 9.59 Å². The summed E-state index contributed by atoms with van der Waals surface area (Å²) < 4.78 is 25.1. The lowest BCUT2D eigenvalue weighted by molar-refractivity contribution is -0.121. The lowest BCUT2D eigenvalue weighted by Crippen LogP contribution is -2.27. The van der Waals surface area contributed by atoms with Crippen LogP contribution in [0.25, 0.3) is 0 Å². The molecule has 0 aliphatic carbocycles. The number of rotatable bonds is 6. The Kier molecular flexibility index (Phi) is 5.86. The number of carbonyl (C=O) groups excluding carboxylic acids is 2. The Bertz CT molecular complexity index is 959. The van der Waals surface area contributed by atoms with E-state index in [0.29, 0.717) is 12.2 Å². The number of nitrogens with one attached hydrogen (secondary N) is 2. The lowest BCUT2D eigenvalue weighted by Gasteiger charge is -2.21. The molecular weight excluding hydrogens is 384 g/mol. The summed E-state index contributed by atoms with van der Waals surface area (Å²) in [4.78, 5) is 24.7. The van der Waals surface area contributed by atoms with Crippen molar-refractivity contribution in [1.29, 1.82) is 0 Å². The minimum atomic E-state index is -3.62. The first-order valence-electron chi connectivity index (χ1n) is 8.50. The van der Waals surface area contributed by atoms with Crippen molar-refractivity contribution < 1.29 is 18.0 Å². The predicted molar refractivity (Wildman–Crippen MR) is 105 cm³/mol. The molecule has 142 valence electrons. The van der Waals surface area contributed by atoms with Crippen molar-refractivity contribution in [2.75, 3.05) is 11.1 Å². The molecule has 0 radical (unpaired) electrons. The topological polar surface area (TPSA) is 92.3 Å². The molecule has 0 aromatic heterocycles. The van der Waals surface area contributed by atoms with E-state index in [-0.39, 0.29) is 34.1 Å². The zero-order valence-electron chi connectivity index (χ0n) is 14.8. The third-order valence-electron chi connectivity index (χ3n) is 4.17. The van der Waals surface area contributed by atoms with Gasteiger partial charge in [0.1, 0.15) is 0 Å². The van der Waals surface area contributed by atoms with Gasteiger partial charge in [-0.2, -0.15) is 0 Å². The number of fused-ring (bicyclic) bond motifs is 1. The number of sulfone groups is 1. The summed E-state index contributed by atoms with van der Waals surface area (Å²) in [6, 6.07) is 14.1. The first-order valence-corrected chi connectivity index (χ1v) is 11.0. The van der Waals surface area contributed by atoms with Crippen LogP contribution < -0.4 is 10.6 Å². The van der Waals surface area contributed by atoms with Crippen LogP contribution in [0, 0.1) is 0 Å². The summed E-state index contributed by atoms with van der Waals surface area (Å²) in [5, 5.41) is 5.23. The van der Waals surface area contributed by atoms with Gasteiger partial charge in [-0.1, -0.05) is 30.3 Å². The number of thioether (sulfide) groups is 1. The molecule has 2 N–H and O–H groups in total. The Balaban J connectivity index is 1.61. The molecule has 3 rings (SSSR count). The van der Waals surface area contributed by atoms with Gasteiger partial charge in [0.15, 0.2) is 9.84 Å². The van der Waals surface area contributed by atoms with Gasteiger partial charge in [0.2, 0.25) is 11.8 Å². The smallest absolute Gasteiger partial charge is 0.237 e. The van der Waals surface area contributed by atoms with E-state index in [1.165, 1.54) is 23.9 Å². The maximum Gasteiger partial charge on any atom is 0.237 e. The van der Waals surface area contributed by atoms with Crippen LogP contribution >= 0.6 is 11.8 Å². The van der Waals surface area contributed by atoms with E-state index in [2.05, 4.69) is 10.6 Å². The van der Waals surface area contributed by atoms with Crippen molar-refractivity contribution in [3.8, 4) is 0 Å². The normalized spacial score (nSPS) is 16.3. The fourth-order valence-electron chi connectivity index (χ4n) is 2.61. The Labute approximate surface area is 162 Å². The molecule has 1 aliphatic rings. The number of benzene rings is 2. The Morgan fingerprint density at radius 3 is 2.67 bits per heavy atom. The van der Waals surface area contributed by atoms with Crippen LogP contribution in [0.5, 0.6) is 0 Å². The van der Waals surface area contributed by atoms with Crippen molar-refractivity contribution in [3.63, 3.8) is 0 Å². The highest BCUT2D eigenvalue weighted by Gasteiger charge is 2.25. The third-order valence-corrected chi connectivity index (χ3v) is 7.06. The van der Waals surface area contributed by atoms with Crippen LogP contribution in [0.2, 0.25) is 0 Å². The average Bonchev–Trinajstić information content (AvgIpc) is 2.66. The van der Waals surface area contributed by atoms with E-state index in [1.807, 2.05) is 30.3 Å². The second kappa shape index (κ2) is 8.14. The van der Waals surface area contributed by atoms with E-state index in [4.69, 9.17) is 0 Å². The van der Waals surface area contributed by atoms with Crippen LogP contribution in [0.3, 0.4) is 0 Å². The average molecular weight is 405 g/mol. The van der Waals surface area contributed by atoms with Gasteiger partial charge < -0.3 is 10.6 Å². The molecule has 1 heterocycles. The molecule has 0 bridgehead atoms. The van der Waals surface area contributed by atoms with Gasteiger partial charge in [0.25, 0.3) is 0 Å². The van der Waals surface area contributed by atoms with Crippen LogP contribution in [0.15, 0.2) is 58.3 Å². The molecule has 1 atom stereocenters. The maximum absolute atomic E-state index is 12.5. The zero-order chi connectivity index (χ0) is 19.4. The van der Waals surface area contributed by atoms with Gasteiger partial charge in [0, 0.05) is 17.9 Å². The molecule has 2 aromatic rings. The van der Waals surface area contributed by atoms with E-state index in [9.17, 15) is 18.0 Å². The number of hydrogen-bond donors (Lipinski definition) is 2. The Morgan fingerprint density at radius 1 is 1.19 bits per heavy atom. The minimum absolute atomic E-state index is 0.104. The largest absolute Gasteiger partial charge is 0.352 e. The van der Waals surface area contributed by atoms with E-state index in [0.717, 1.165) is 10.5 Å². The number of anilines is 1. The molecule has 27 heavy (non-hydrogen) atoms. The molecule has 0 saturated carbocycles. The molecule has 2 amide bonds. The van der Waals surface area contributed by atoms with Crippen molar-refractivity contribution >= 4 is 39.1 Å². The highest BCUT2D eigenvalue weighted by Crippen LogP contribution is 2.36. The molecule has 0 unspecified atom stereocenters. The molecule has 6 nitrogen and oxygen atoms in total. The van der Waals surface area contributed by atoms with Crippen LogP contribution in [0.1, 0.15) is 18.9 Å². The fourth-order valence-corrected chi connectivity index (χ4v) is 4.80. The molecule has 0 fully saturated rings. The van der Waals surface area contributed by atoms with Gasteiger partial charge in [0.05, 0.1) is 21.6 Å². The maximum atomic E-state index is 12.5. The standard InChI is InChI=1S/C19H20N2O4S2/c1-13-19(23)21-16-11-15(7-8-17(16)26-13)27(24,25)10-9-18(22)20-12-14-5-3-2-4-6-14/h2-8,11,13H,9-10,12H2,1H3,(H,20,22)(H,21,23)/t13-/m1/s1. The van der Waals surface area contributed by atoms with Gasteiger partial charge >= 0.3 is 0 Å². The van der Waals surface area contributed by atoms with Gasteiger partial charge in [-0.25, -0.2) is 8.42 Å². The van der Waals surface area contributed by atoms with Crippen molar-refractivity contribution in [3.05, 3.63) is 54.1 Å². The highest BCUT2D eigenvalue weighted by molar-refractivity contribution is 8.01. The minimum Gasteiger partial charge on any atom is -0.352 e. The first-order chi connectivity index (χ1) is 12.8. The summed E-state index contributed by atoms with van der Waals surface area (Å²) >= 11 is 1.39. The molecule has 8 heteroatoms. The summed E-state index contributed by atoms with van der Waals surface area (Å²) in [5.74, 6) is -0.760. The summed E-state index contributed by atoms with van der Waals surface area (Å²) in [7, 11) is -3.62. The summed E-state index contributed by atoms with van der Waals surface area (Å²) in [5.41, 5.74) is 1.45. The van der Waals surface area contributed by atoms with Gasteiger partial charge in [-0.15, -0.1) is 11.8 Å². The number of amides is 2. The Morgan fingerprint density at radius 2 is 1.93 bits per heavy atom. The fraction of sp³-hybridized carbons (Fsp3) is 0.263. The van der Waals surface area contributed by atoms with Crippen LogP contribution in [-0.2, 0) is 26.0 Å². The summed E-state index contributed by atoms with van der Waals surface area (Å²) in [6.07, 6.45) is -0.121. The van der Waals surface area contributed by atoms with Crippen LogP contribution in [0.4, 0.5) is 5.69 Å². The third kappa shape index (κ3) is 4.90. The molecule has 1 aliphatic heterocycles. The number of carbonyl (C=O) groups is 2. The van der Waals surface area contributed by atoms with E-state index < -0.39 is 9.84 Å². The molecule has 0 spiro atoms. The monoisotopic (exact) mass is 404 g/mol. The quantitative estimate of drug-likeness (QED) is 0.772. The lowest BCUT2D eigenvalue weighted by atomic mass is 10.2. The highest BCUT2D eigenvalue weighted by atomic mass is 32.2. The zero-order valence-corrected chi connectivity index (χ0v) is 16.4. The second-order valence-corrected chi connectivity index (χ2v) is 9.73. The summed E-state index contributed by atoms with van der Waals surface area (Å²) in [6.45, 7) is 2.15. The first kappa shape index (κ1) is 19.4. The van der Waals surface area contributed by atoms with Gasteiger partial charge in [-0.05, 0) is 30.7 Å². The van der Waals surface area contributed by atoms with E-state index >= 15 is 0 Å². The van der Waals surface area contributed by atoms with E-state index in [1.54, 1.807) is 13.0 Å². The molecule has 0 saturated heterocycles. The van der Waals surface area contributed by atoms with Crippen molar-refractivity contribution in [1.82, 2.24) is 5.32 Å². The van der Waals surface area contributed by atoms with Crippen molar-refractivity contribution in [2.24, 2.45) is 0 Å². The number of hydrogen-bond acceptors (Lipinski definition) is 5.